The normalized spacial score (nSPS) is 19.6. The predicted molar refractivity (Wildman–Crippen MR) is 124 cm³/mol. The predicted octanol–water partition coefficient (Wildman–Crippen LogP) is 3.26. The molecule has 0 saturated carbocycles. The molecular formula is C26H20O10. The third-order valence-corrected chi connectivity index (χ3v) is 6.29. The number of fused-ring (bicyclic) bond motifs is 3. The van der Waals surface area contributed by atoms with Crippen molar-refractivity contribution in [1.29, 1.82) is 0 Å². The molecule has 1 unspecified atom stereocenters. The van der Waals surface area contributed by atoms with Gasteiger partial charge >= 0.3 is 11.4 Å². The summed E-state index contributed by atoms with van der Waals surface area (Å²) in [7, 11) is 0. The Morgan fingerprint density at radius 1 is 0.972 bits per heavy atom. The van der Waals surface area contributed by atoms with Crippen molar-refractivity contribution in [2.24, 2.45) is 0 Å². The summed E-state index contributed by atoms with van der Waals surface area (Å²) in [6.45, 7) is 5.64. The topological polar surface area (TPSA) is 161 Å². The van der Waals surface area contributed by atoms with E-state index in [1.807, 2.05) is 0 Å². The van der Waals surface area contributed by atoms with Crippen LogP contribution in [0.1, 0.15) is 69.3 Å². The zero-order valence-corrected chi connectivity index (χ0v) is 19.6. The Morgan fingerprint density at radius 3 is 2.33 bits per heavy atom. The number of phenols is 2. The number of aliphatic hydroxyl groups excluding tert-OH is 1. The summed E-state index contributed by atoms with van der Waals surface area (Å²) in [5, 5.41) is 32.6. The van der Waals surface area contributed by atoms with Crippen molar-refractivity contribution in [2.75, 3.05) is 0 Å². The van der Waals surface area contributed by atoms with Gasteiger partial charge in [0, 0.05) is 18.1 Å². The SMILES string of the molecule is CC1=CC(=O)c2c(O)c3c(c(O)c2C1=O)O[C@@](C)(Oc1cc2c(=O)oc(C)cc2cc1C(C)O)C3=O. The zero-order chi connectivity index (χ0) is 26.3. The number of aliphatic hydroxyl groups is 1. The van der Waals surface area contributed by atoms with Crippen molar-refractivity contribution >= 4 is 28.1 Å². The maximum absolute atomic E-state index is 13.4. The van der Waals surface area contributed by atoms with Gasteiger partial charge in [-0.2, -0.15) is 0 Å². The van der Waals surface area contributed by atoms with E-state index in [1.165, 1.54) is 32.9 Å². The van der Waals surface area contributed by atoms with Gasteiger partial charge in [0.25, 0.3) is 5.78 Å². The first kappa shape index (κ1) is 23.3. The summed E-state index contributed by atoms with van der Waals surface area (Å²) < 4.78 is 16.7. The van der Waals surface area contributed by atoms with Crippen LogP contribution in [0.2, 0.25) is 0 Å². The zero-order valence-electron chi connectivity index (χ0n) is 19.6. The molecule has 3 N–H and O–H groups in total. The van der Waals surface area contributed by atoms with Crippen LogP contribution in [0.15, 0.2) is 39.1 Å². The van der Waals surface area contributed by atoms with Crippen molar-refractivity contribution < 1.29 is 43.6 Å². The summed E-state index contributed by atoms with van der Waals surface area (Å²) in [5.41, 5.74) is -1.92. The minimum atomic E-state index is -2.20. The number of carbonyl (C=O) groups is 3. The molecule has 0 amide bonds. The van der Waals surface area contributed by atoms with Crippen LogP contribution in [0.25, 0.3) is 10.8 Å². The van der Waals surface area contributed by atoms with Crippen LogP contribution in [-0.4, -0.2) is 38.5 Å². The second-order valence-corrected chi connectivity index (χ2v) is 8.95. The van der Waals surface area contributed by atoms with E-state index in [9.17, 15) is 34.5 Å². The van der Waals surface area contributed by atoms with E-state index in [0.717, 1.165) is 6.08 Å². The Kier molecular flexibility index (Phi) is 4.87. The van der Waals surface area contributed by atoms with Crippen LogP contribution in [-0.2, 0) is 0 Å². The van der Waals surface area contributed by atoms with Gasteiger partial charge < -0.3 is 29.2 Å². The molecule has 36 heavy (non-hydrogen) atoms. The highest BCUT2D eigenvalue weighted by molar-refractivity contribution is 6.28. The van der Waals surface area contributed by atoms with Crippen molar-refractivity contribution in [1.82, 2.24) is 0 Å². The van der Waals surface area contributed by atoms with Gasteiger partial charge in [-0.05, 0) is 50.4 Å². The number of aryl methyl sites for hydroxylation is 1. The summed E-state index contributed by atoms with van der Waals surface area (Å²) in [6, 6.07) is 4.40. The Labute approximate surface area is 203 Å². The average Bonchev–Trinajstić information content (AvgIpc) is 3.05. The smallest absolute Gasteiger partial charge is 0.343 e. The second-order valence-electron chi connectivity index (χ2n) is 8.95. The monoisotopic (exact) mass is 492 g/mol. The van der Waals surface area contributed by atoms with Crippen LogP contribution < -0.4 is 15.1 Å². The Hall–Kier alpha value is -4.44. The van der Waals surface area contributed by atoms with Crippen molar-refractivity contribution in [3.8, 4) is 23.0 Å². The van der Waals surface area contributed by atoms with Crippen LogP contribution in [0, 0.1) is 6.92 Å². The fraction of sp³-hybridized carbons (Fsp3) is 0.231. The third-order valence-electron chi connectivity index (χ3n) is 6.29. The molecule has 2 atom stereocenters. The Balaban J connectivity index is 1.66. The summed E-state index contributed by atoms with van der Waals surface area (Å²) in [6.07, 6.45) is -0.0819. The molecule has 3 aromatic rings. The van der Waals surface area contributed by atoms with Gasteiger partial charge in [0.05, 0.1) is 22.6 Å². The number of ether oxygens (including phenoxy) is 2. The molecule has 0 spiro atoms. The number of benzene rings is 2. The number of carbonyl (C=O) groups excluding carboxylic acids is 3. The largest absolute Gasteiger partial charge is 0.506 e. The molecule has 0 fully saturated rings. The van der Waals surface area contributed by atoms with E-state index < -0.39 is 68.8 Å². The molecule has 2 aliphatic rings. The lowest BCUT2D eigenvalue weighted by Gasteiger charge is -2.26. The number of hydrogen-bond acceptors (Lipinski definition) is 10. The first-order valence-electron chi connectivity index (χ1n) is 10.9. The maximum atomic E-state index is 13.4. The molecule has 1 aromatic heterocycles. The van der Waals surface area contributed by atoms with E-state index in [0.29, 0.717) is 11.1 Å². The molecule has 1 aliphatic carbocycles. The van der Waals surface area contributed by atoms with Crippen LogP contribution in [0.3, 0.4) is 0 Å². The number of allylic oxidation sites excluding steroid dienone is 2. The molecule has 1 aliphatic heterocycles. The molecular weight excluding hydrogens is 472 g/mol. The number of hydrogen-bond donors (Lipinski definition) is 3. The molecule has 0 bridgehead atoms. The highest BCUT2D eigenvalue weighted by atomic mass is 16.7. The first-order valence-corrected chi connectivity index (χ1v) is 10.9. The van der Waals surface area contributed by atoms with Crippen LogP contribution in [0.5, 0.6) is 23.0 Å². The lowest BCUT2D eigenvalue weighted by Crippen LogP contribution is -2.43. The highest BCUT2D eigenvalue weighted by Gasteiger charge is 2.52. The van der Waals surface area contributed by atoms with Gasteiger partial charge in [0.15, 0.2) is 23.1 Å². The molecule has 10 nitrogen and oxygen atoms in total. The van der Waals surface area contributed by atoms with Gasteiger partial charge in [0.1, 0.15) is 22.8 Å². The fourth-order valence-corrected chi connectivity index (χ4v) is 4.52. The summed E-state index contributed by atoms with van der Waals surface area (Å²) in [4.78, 5) is 51.0. The summed E-state index contributed by atoms with van der Waals surface area (Å²) >= 11 is 0. The molecule has 0 saturated heterocycles. The third kappa shape index (κ3) is 3.14. The van der Waals surface area contributed by atoms with Gasteiger partial charge in [0.2, 0.25) is 0 Å². The van der Waals surface area contributed by atoms with Crippen LogP contribution in [0.4, 0.5) is 0 Å². The molecule has 184 valence electrons. The molecule has 10 heteroatoms. The number of Topliss-reactive ketones (excluding diaryl/α,β-unsaturated/α-hetero) is 2. The minimum Gasteiger partial charge on any atom is -0.506 e. The fourth-order valence-electron chi connectivity index (χ4n) is 4.52. The average molecular weight is 492 g/mol. The number of phenolic OH excluding ortho intramolecular Hbond substituents is 2. The van der Waals surface area contributed by atoms with Gasteiger partial charge in [-0.3, -0.25) is 14.4 Å². The first-order chi connectivity index (χ1) is 16.8. The molecule has 5 rings (SSSR count). The van der Waals surface area contributed by atoms with Crippen molar-refractivity contribution in [3.05, 3.63) is 68.3 Å². The standard InChI is InChI=1S/C26H20O10/c1-9-5-15(28)17-18(20(9)29)22(31)23-19(21(17)30)24(32)26(4,36-23)35-16-8-14-12(7-13(16)11(3)27)6-10(2)34-25(14)33/h5-8,11,27,30-31H,1-4H3/t11?,26-/m1/s1. The van der Waals surface area contributed by atoms with E-state index in [1.54, 1.807) is 13.0 Å². The van der Waals surface area contributed by atoms with E-state index in [2.05, 4.69) is 0 Å². The van der Waals surface area contributed by atoms with E-state index in [4.69, 9.17) is 13.9 Å². The molecule has 0 radical (unpaired) electrons. The molecule has 2 heterocycles. The Morgan fingerprint density at radius 2 is 1.67 bits per heavy atom. The van der Waals surface area contributed by atoms with Crippen molar-refractivity contribution in [3.63, 3.8) is 0 Å². The number of ketones is 3. The number of rotatable bonds is 3. The van der Waals surface area contributed by atoms with Crippen LogP contribution >= 0.6 is 0 Å². The lowest BCUT2D eigenvalue weighted by atomic mass is 9.86. The van der Waals surface area contributed by atoms with Gasteiger partial charge in [-0.1, -0.05) is 0 Å². The summed E-state index contributed by atoms with van der Waals surface area (Å²) in [5.74, 6) is -6.47. The van der Waals surface area contributed by atoms with Gasteiger partial charge in [-0.15, -0.1) is 0 Å². The van der Waals surface area contributed by atoms with E-state index >= 15 is 0 Å². The quantitative estimate of drug-likeness (QED) is 0.463. The minimum absolute atomic E-state index is 0.0392. The molecule has 2 aromatic carbocycles. The Bertz CT molecular complexity index is 1640. The maximum Gasteiger partial charge on any atom is 0.343 e. The number of aromatic hydroxyl groups is 2. The lowest BCUT2D eigenvalue weighted by molar-refractivity contribution is -0.0567. The van der Waals surface area contributed by atoms with Crippen molar-refractivity contribution in [2.45, 2.75) is 39.6 Å². The van der Waals surface area contributed by atoms with Gasteiger partial charge in [-0.25, -0.2) is 4.79 Å². The highest BCUT2D eigenvalue weighted by Crippen LogP contribution is 2.52. The second kappa shape index (κ2) is 7.53. The van der Waals surface area contributed by atoms with E-state index in [-0.39, 0.29) is 22.3 Å².